The number of hydrogen-bond donors (Lipinski definition) is 1. The minimum atomic E-state index is 0.0139. The van der Waals surface area contributed by atoms with Crippen LogP contribution in [-0.4, -0.2) is 14.2 Å². The first kappa shape index (κ1) is 11.9. The van der Waals surface area contributed by atoms with Crippen LogP contribution >= 0.6 is 0 Å². The van der Waals surface area contributed by atoms with Crippen molar-refractivity contribution in [2.45, 2.75) is 25.8 Å². The number of nitrogens with two attached hydrogens (primary N) is 1. The van der Waals surface area contributed by atoms with Crippen LogP contribution in [0.25, 0.3) is 0 Å². The van der Waals surface area contributed by atoms with E-state index >= 15 is 0 Å². The van der Waals surface area contributed by atoms with Gasteiger partial charge in [-0.3, -0.25) is 0 Å². The normalized spacial score (nSPS) is 12.3. The fourth-order valence-electron chi connectivity index (χ4n) is 1.67. The summed E-state index contributed by atoms with van der Waals surface area (Å²) < 4.78 is 10.6. The summed E-state index contributed by atoms with van der Waals surface area (Å²) in [6.45, 7) is 2.12. The second-order valence-electron chi connectivity index (χ2n) is 3.48. The van der Waals surface area contributed by atoms with E-state index in [0.717, 1.165) is 29.9 Å². The average Bonchev–Trinajstić information content (AvgIpc) is 2.28. The molecule has 15 heavy (non-hydrogen) atoms. The van der Waals surface area contributed by atoms with Crippen molar-refractivity contribution in [3.8, 4) is 11.5 Å². The number of rotatable bonds is 5. The molecule has 0 amide bonds. The van der Waals surface area contributed by atoms with Crippen molar-refractivity contribution in [2.75, 3.05) is 14.2 Å². The van der Waals surface area contributed by atoms with Crippen LogP contribution < -0.4 is 15.2 Å². The van der Waals surface area contributed by atoms with Crippen LogP contribution in [0.15, 0.2) is 18.2 Å². The minimum Gasteiger partial charge on any atom is -0.493 e. The molecular formula is C12H19NO2. The maximum absolute atomic E-state index is 6.07. The van der Waals surface area contributed by atoms with E-state index in [2.05, 4.69) is 6.92 Å². The third-order valence-corrected chi connectivity index (χ3v) is 2.43. The zero-order chi connectivity index (χ0) is 11.3. The van der Waals surface area contributed by atoms with Crippen molar-refractivity contribution >= 4 is 0 Å². The number of para-hydroxylation sites is 1. The molecule has 0 fully saturated rings. The molecule has 1 aromatic rings. The highest BCUT2D eigenvalue weighted by Gasteiger charge is 2.14. The highest BCUT2D eigenvalue weighted by Crippen LogP contribution is 2.34. The van der Waals surface area contributed by atoms with Gasteiger partial charge in [-0.15, -0.1) is 0 Å². The minimum absolute atomic E-state index is 0.0139. The summed E-state index contributed by atoms with van der Waals surface area (Å²) in [6, 6.07) is 5.81. The third-order valence-electron chi connectivity index (χ3n) is 2.43. The van der Waals surface area contributed by atoms with Gasteiger partial charge in [-0.05, 0) is 12.5 Å². The zero-order valence-corrected chi connectivity index (χ0v) is 9.62. The van der Waals surface area contributed by atoms with Crippen molar-refractivity contribution in [2.24, 2.45) is 5.73 Å². The smallest absolute Gasteiger partial charge is 0.165 e. The van der Waals surface area contributed by atoms with Crippen LogP contribution in [0.3, 0.4) is 0 Å². The van der Waals surface area contributed by atoms with Gasteiger partial charge in [-0.25, -0.2) is 0 Å². The molecule has 0 aliphatic rings. The molecule has 1 unspecified atom stereocenters. The highest BCUT2D eigenvalue weighted by atomic mass is 16.5. The molecular weight excluding hydrogens is 190 g/mol. The molecule has 0 aliphatic carbocycles. The lowest BCUT2D eigenvalue weighted by Crippen LogP contribution is -2.11. The molecule has 0 aromatic heterocycles. The SMILES string of the molecule is CCCC(N)c1cccc(OC)c1OC. The zero-order valence-electron chi connectivity index (χ0n) is 9.62. The topological polar surface area (TPSA) is 44.5 Å². The molecule has 84 valence electrons. The van der Waals surface area contributed by atoms with Crippen LogP contribution in [0.1, 0.15) is 31.4 Å². The molecule has 1 aromatic carbocycles. The summed E-state index contributed by atoms with van der Waals surface area (Å²) in [4.78, 5) is 0. The average molecular weight is 209 g/mol. The molecule has 0 saturated carbocycles. The van der Waals surface area contributed by atoms with Gasteiger partial charge in [0.2, 0.25) is 0 Å². The molecule has 1 rings (SSSR count). The lowest BCUT2D eigenvalue weighted by molar-refractivity contribution is 0.348. The molecule has 0 radical (unpaired) electrons. The lowest BCUT2D eigenvalue weighted by Gasteiger charge is -2.17. The van der Waals surface area contributed by atoms with Crippen molar-refractivity contribution in [3.63, 3.8) is 0 Å². The molecule has 0 bridgehead atoms. The molecule has 0 saturated heterocycles. The molecule has 3 nitrogen and oxygen atoms in total. The summed E-state index contributed by atoms with van der Waals surface area (Å²) in [5.41, 5.74) is 7.08. The molecule has 1 atom stereocenters. The van der Waals surface area contributed by atoms with E-state index in [1.807, 2.05) is 18.2 Å². The predicted molar refractivity (Wildman–Crippen MR) is 61.4 cm³/mol. The molecule has 0 heterocycles. The van der Waals surface area contributed by atoms with Crippen LogP contribution in [0.2, 0.25) is 0 Å². The Morgan fingerprint density at radius 2 is 2.00 bits per heavy atom. The van der Waals surface area contributed by atoms with E-state index < -0.39 is 0 Å². The van der Waals surface area contributed by atoms with Crippen molar-refractivity contribution in [3.05, 3.63) is 23.8 Å². The Labute approximate surface area is 91.2 Å². The van der Waals surface area contributed by atoms with Gasteiger partial charge in [-0.1, -0.05) is 25.5 Å². The van der Waals surface area contributed by atoms with Crippen molar-refractivity contribution < 1.29 is 9.47 Å². The Morgan fingerprint density at radius 3 is 2.53 bits per heavy atom. The second kappa shape index (κ2) is 5.61. The highest BCUT2D eigenvalue weighted by molar-refractivity contribution is 5.47. The fraction of sp³-hybridized carbons (Fsp3) is 0.500. The number of benzene rings is 1. The van der Waals surface area contributed by atoms with E-state index in [1.165, 1.54) is 0 Å². The van der Waals surface area contributed by atoms with Crippen LogP contribution in [0.5, 0.6) is 11.5 Å². The van der Waals surface area contributed by atoms with E-state index in [4.69, 9.17) is 15.2 Å². The summed E-state index contributed by atoms with van der Waals surface area (Å²) in [5, 5.41) is 0. The first-order chi connectivity index (χ1) is 7.24. The number of methoxy groups -OCH3 is 2. The van der Waals surface area contributed by atoms with Gasteiger partial charge in [-0.2, -0.15) is 0 Å². The van der Waals surface area contributed by atoms with Gasteiger partial charge < -0.3 is 15.2 Å². The van der Waals surface area contributed by atoms with E-state index in [-0.39, 0.29) is 6.04 Å². The first-order valence-corrected chi connectivity index (χ1v) is 5.21. The van der Waals surface area contributed by atoms with Gasteiger partial charge in [0, 0.05) is 11.6 Å². The Balaban J connectivity index is 3.05. The third kappa shape index (κ3) is 2.63. The Hall–Kier alpha value is -1.22. The summed E-state index contributed by atoms with van der Waals surface area (Å²) in [7, 11) is 3.27. The Morgan fingerprint density at radius 1 is 1.27 bits per heavy atom. The number of ether oxygens (including phenoxy) is 2. The Bertz CT molecular complexity index is 312. The monoisotopic (exact) mass is 209 g/mol. The fourth-order valence-corrected chi connectivity index (χ4v) is 1.67. The molecule has 3 heteroatoms. The predicted octanol–water partition coefficient (Wildman–Crippen LogP) is 2.50. The van der Waals surface area contributed by atoms with Crippen LogP contribution in [-0.2, 0) is 0 Å². The number of hydrogen-bond acceptors (Lipinski definition) is 3. The van der Waals surface area contributed by atoms with Crippen LogP contribution in [0, 0.1) is 0 Å². The van der Waals surface area contributed by atoms with Gasteiger partial charge in [0.1, 0.15) is 0 Å². The van der Waals surface area contributed by atoms with E-state index in [9.17, 15) is 0 Å². The van der Waals surface area contributed by atoms with Crippen molar-refractivity contribution in [1.29, 1.82) is 0 Å². The molecule has 0 spiro atoms. The first-order valence-electron chi connectivity index (χ1n) is 5.21. The van der Waals surface area contributed by atoms with Crippen molar-refractivity contribution in [1.82, 2.24) is 0 Å². The molecule has 2 N–H and O–H groups in total. The van der Waals surface area contributed by atoms with Gasteiger partial charge in [0.25, 0.3) is 0 Å². The lowest BCUT2D eigenvalue weighted by atomic mass is 10.0. The van der Waals surface area contributed by atoms with E-state index in [0.29, 0.717) is 0 Å². The largest absolute Gasteiger partial charge is 0.493 e. The maximum Gasteiger partial charge on any atom is 0.165 e. The van der Waals surface area contributed by atoms with E-state index in [1.54, 1.807) is 14.2 Å². The molecule has 0 aliphatic heterocycles. The summed E-state index contributed by atoms with van der Waals surface area (Å²) in [5.74, 6) is 1.49. The van der Waals surface area contributed by atoms with Gasteiger partial charge >= 0.3 is 0 Å². The Kier molecular flexibility index (Phi) is 4.43. The summed E-state index contributed by atoms with van der Waals surface area (Å²) in [6.07, 6.45) is 2.01. The van der Waals surface area contributed by atoms with Crippen LogP contribution in [0.4, 0.5) is 0 Å². The van der Waals surface area contributed by atoms with Gasteiger partial charge in [0.05, 0.1) is 14.2 Å². The quantitative estimate of drug-likeness (QED) is 0.810. The standard InChI is InChI=1S/C12H19NO2/c1-4-6-10(13)9-7-5-8-11(14-2)12(9)15-3/h5,7-8,10H,4,6,13H2,1-3H3. The maximum atomic E-state index is 6.07. The second-order valence-corrected chi connectivity index (χ2v) is 3.48. The summed E-state index contributed by atoms with van der Waals surface area (Å²) >= 11 is 0. The van der Waals surface area contributed by atoms with Gasteiger partial charge in [0.15, 0.2) is 11.5 Å².